The van der Waals surface area contributed by atoms with E-state index < -0.39 is 0 Å². The van der Waals surface area contributed by atoms with Gasteiger partial charge in [0, 0.05) is 17.5 Å². The van der Waals surface area contributed by atoms with E-state index in [0.717, 1.165) is 22.0 Å². The molecule has 0 aliphatic heterocycles. The van der Waals surface area contributed by atoms with Gasteiger partial charge in [-0.25, -0.2) is 4.99 Å². The number of aromatic amines is 1. The van der Waals surface area contributed by atoms with Gasteiger partial charge in [0.15, 0.2) is 11.6 Å². The summed E-state index contributed by atoms with van der Waals surface area (Å²) in [6.07, 6.45) is 1.75. The number of para-hydroxylation sites is 1. The van der Waals surface area contributed by atoms with E-state index in [9.17, 15) is 5.26 Å². The lowest BCUT2D eigenvalue weighted by Crippen LogP contribution is -1.92. The Bertz CT molecular complexity index is 1110. The third-order valence-corrected chi connectivity index (χ3v) is 4.05. The predicted octanol–water partition coefficient (Wildman–Crippen LogP) is 4.93. The molecule has 0 spiro atoms. The molecule has 4 aromatic rings. The Morgan fingerprint density at radius 3 is 2.58 bits per heavy atom. The summed E-state index contributed by atoms with van der Waals surface area (Å²) in [7, 11) is 0. The van der Waals surface area contributed by atoms with Crippen molar-refractivity contribution in [2.24, 2.45) is 4.99 Å². The fourth-order valence-corrected chi connectivity index (χ4v) is 2.78. The summed E-state index contributed by atoms with van der Waals surface area (Å²) in [5, 5.41) is 21.9. The van der Waals surface area contributed by atoms with Crippen LogP contribution in [0.25, 0.3) is 10.8 Å². The predicted molar refractivity (Wildman–Crippen MR) is 104 cm³/mol. The first-order valence-corrected chi connectivity index (χ1v) is 8.17. The fourth-order valence-electron chi connectivity index (χ4n) is 2.78. The third kappa shape index (κ3) is 3.04. The molecule has 0 saturated carbocycles. The Morgan fingerprint density at radius 2 is 1.73 bits per heavy atom. The minimum Gasteiger partial charge on any atom is -0.338 e. The summed E-state index contributed by atoms with van der Waals surface area (Å²) < 4.78 is 0. The van der Waals surface area contributed by atoms with Gasteiger partial charge in [-0.2, -0.15) is 10.4 Å². The molecule has 0 aliphatic carbocycles. The van der Waals surface area contributed by atoms with Gasteiger partial charge in [0.05, 0.1) is 0 Å². The number of benzene rings is 3. The average molecular weight is 337 g/mol. The first-order chi connectivity index (χ1) is 12.8. The number of anilines is 2. The first-order valence-electron chi connectivity index (χ1n) is 8.17. The smallest absolute Gasteiger partial charge is 0.172 e. The molecule has 2 N–H and O–H groups in total. The second-order valence-corrected chi connectivity index (χ2v) is 5.73. The number of hydrogen-bond acceptors (Lipinski definition) is 4. The van der Waals surface area contributed by atoms with Crippen LogP contribution in [-0.4, -0.2) is 16.4 Å². The Hall–Kier alpha value is -3.91. The second kappa shape index (κ2) is 6.91. The number of hydrogen-bond donors (Lipinski definition) is 2. The van der Waals surface area contributed by atoms with Crippen molar-refractivity contribution in [1.29, 1.82) is 5.26 Å². The summed E-state index contributed by atoms with van der Waals surface area (Å²) in [4.78, 5) is 4.45. The topological polar surface area (TPSA) is 76.9 Å². The van der Waals surface area contributed by atoms with Crippen molar-refractivity contribution < 1.29 is 0 Å². The van der Waals surface area contributed by atoms with Crippen molar-refractivity contribution in [3.8, 4) is 6.07 Å². The van der Waals surface area contributed by atoms with Crippen molar-refractivity contribution in [2.45, 2.75) is 0 Å². The molecule has 0 fully saturated rings. The zero-order valence-corrected chi connectivity index (χ0v) is 13.8. The zero-order chi connectivity index (χ0) is 17.8. The van der Waals surface area contributed by atoms with Crippen LogP contribution in [-0.2, 0) is 0 Å². The third-order valence-electron chi connectivity index (χ3n) is 4.05. The molecule has 26 heavy (non-hydrogen) atoms. The highest BCUT2D eigenvalue weighted by molar-refractivity contribution is 6.00. The van der Waals surface area contributed by atoms with Crippen LogP contribution in [0.2, 0.25) is 0 Å². The van der Waals surface area contributed by atoms with E-state index in [1.54, 1.807) is 6.21 Å². The molecule has 0 amide bonds. The standard InChI is InChI=1S/C21H15N5/c22-13-19-20(25-26-21(19)24-17-10-2-1-3-11-17)23-14-16-9-6-8-15-7-4-5-12-18(15)16/h1-12,14H,(H2,24,25,26)/b23-14+. The number of nitrogens with zero attached hydrogens (tertiary/aromatic N) is 3. The van der Waals surface area contributed by atoms with Crippen molar-refractivity contribution in [3.05, 3.63) is 83.9 Å². The average Bonchev–Trinajstić information content (AvgIpc) is 3.08. The van der Waals surface area contributed by atoms with Gasteiger partial charge in [-0.3, -0.25) is 5.10 Å². The van der Waals surface area contributed by atoms with Crippen LogP contribution in [0.15, 0.2) is 77.8 Å². The van der Waals surface area contributed by atoms with Crippen molar-refractivity contribution in [1.82, 2.24) is 10.2 Å². The van der Waals surface area contributed by atoms with Gasteiger partial charge in [-0.05, 0) is 22.9 Å². The van der Waals surface area contributed by atoms with E-state index in [4.69, 9.17) is 0 Å². The SMILES string of the molecule is N#Cc1c(Nc2ccccc2)n[nH]c1/N=C/c1cccc2ccccc12. The van der Waals surface area contributed by atoms with Crippen molar-refractivity contribution >= 4 is 34.3 Å². The number of aliphatic imine (C=N–C) groups is 1. The number of nitriles is 1. The molecular weight excluding hydrogens is 322 g/mol. The summed E-state index contributed by atoms with van der Waals surface area (Å²) in [5.41, 5.74) is 2.23. The van der Waals surface area contributed by atoms with Crippen LogP contribution >= 0.6 is 0 Å². The molecule has 1 aromatic heterocycles. The Morgan fingerprint density at radius 1 is 0.962 bits per heavy atom. The molecule has 5 nitrogen and oxygen atoms in total. The van der Waals surface area contributed by atoms with Crippen LogP contribution in [0.5, 0.6) is 0 Å². The van der Waals surface area contributed by atoms with E-state index in [1.807, 2.05) is 54.6 Å². The van der Waals surface area contributed by atoms with Crippen LogP contribution in [0.1, 0.15) is 11.1 Å². The number of H-pyrrole nitrogens is 1. The highest BCUT2D eigenvalue weighted by atomic mass is 15.2. The highest BCUT2D eigenvalue weighted by Gasteiger charge is 2.12. The summed E-state index contributed by atoms with van der Waals surface area (Å²) in [6, 6.07) is 25.9. The normalized spacial score (nSPS) is 10.9. The largest absolute Gasteiger partial charge is 0.338 e. The summed E-state index contributed by atoms with van der Waals surface area (Å²) >= 11 is 0. The summed E-state index contributed by atoms with van der Waals surface area (Å²) in [5.74, 6) is 0.891. The molecule has 3 aromatic carbocycles. The van der Waals surface area contributed by atoms with E-state index in [0.29, 0.717) is 17.2 Å². The number of fused-ring (bicyclic) bond motifs is 1. The second-order valence-electron chi connectivity index (χ2n) is 5.73. The van der Waals surface area contributed by atoms with E-state index in [-0.39, 0.29) is 0 Å². The van der Waals surface area contributed by atoms with Crippen LogP contribution in [0.3, 0.4) is 0 Å². The fraction of sp³-hybridized carbons (Fsp3) is 0. The zero-order valence-electron chi connectivity index (χ0n) is 13.8. The molecular formula is C21H15N5. The lowest BCUT2D eigenvalue weighted by molar-refractivity contribution is 1.09. The number of aromatic nitrogens is 2. The Labute approximate surface area is 150 Å². The van der Waals surface area contributed by atoms with Crippen LogP contribution in [0, 0.1) is 11.3 Å². The number of nitrogens with one attached hydrogen (secondary N) is 2. The molecule has 4 rings (SSSR count). The van der Waals surface area contributed by atoms with Gasteiger partial charge in [0.2, 0.25) is 0 Å². The molecule has 124 valence electrons. The quantitative estimate of drug-likeness (QED) is 0.518. The van der Waals surface area contributed by atoms with Crippen LogP contribution < -0.4 is 5.32 Å². The molecule has 0 unspecified atom stereocenters. The molecule has 0 bridgehead atoms. The van der Waals surface area contributed by atoms with Crippen molar-refractivity contribution in [2.75, 3.05) is 5.32 Å². The van der Waals surface area contributed by atoms with Crippen LogP contribution in [0.4, 0.5) is 17.3 Å². The molecule has 0 saturated heterocycles. The van der Waals surface area contributed by atoms with Gasteiger partial charge in [-0.15, -0.1) is 0 Å². The highest BCUT2D eigenvalue weighted by Crippen LogP contribution is 2.26. The van der Waals surface area contributed by atoms with Gasteiger partial charge in [0.1, 0.15) is 11.6 Å². The lowest BCUT2D eigenvalue weighted by Gasteiger charge is -2.02. The van der Waals surface area contributed by atoms with E-state index >= 15 is 0 Å². The monoisotopic (exact) mass is 337 g/mol. The minimum atomic E-state index is 0.380. The maximum Gasteiger partial charge on any atom is 0.172 e. The molecule has 0 atom stereocenters. The maximum absolute atomic E-state index is 9.51. The van der Waals surface area contributed by atoms with E-state index in [1.165, 1.54) is 0 Å². The Kier molecular flexibility index (Phi) is 4.15. The minimum absolute atomic E-state index is 0.380. The summed E-state index contributed by atoms with van der Waals surface area (Å²) in [6.45, 7) is 0. The van der Waals surface area contributed by atoms with Gasteiger partial charge in [0.25, 0.3) is 0 Å². The molecule has 0 radical (unpaired) electrons. The molecule has 5 heteroatoms. The maximum atomic E-state index is 9.51. The van der Waals surface area contributed by atoms with Crippen molar-refractivity contribution in [3.63, 3.8) is 0 Å². The first kappa shape index (κ1) is 15.6. The van der Waals surface area contributed by atoms with Gasteiger partial charge >= 0.3 is 0 Å². The lowest BCUT2D eigenvalue weighted by atomic mass is 10.1. The molecule has 1 heterocycles. The molecule has 0 aliphatic rings. The van der Waals surface area contributed by atoms with Gasteiger partial charge < -0.3 is 5.32 Å². The Balaban J connectivity index is 1.66. The van der Waals surface area contributed by atoms with E-state index in [2.05, 4.69) is 44.8 Å². The van der Waals surface area contributed by atoms with Gasteiger partial charge in [-0.1, -0.05) is 60.7 Å². The number of rotatable bonds is 4.